The number of furan rings is 1. The minimum atomic E-state index is 0.364. The molecule has 27 heavy (non-hydrogen) atoms. The number of rotatable bonds is 8. The summed E-state index contributed by atoms with van der Waals surface area (Å²) in [6.07, 6.45) is 2.52. The van der Waals surface area contributed by atoms with E-state index in [4.69, 9.17) is 25.8 Å². The molecule has 7 nitrogen and oxygen atoms in total. The number of methoxy groups -OCH3 is 1. The van der Waals surface area contributed by atoms with Gasteiger partial charge in [0.05, 0.1) is 19.9 Å². The van der Waals surface area contributed by atoms with Gasteiger partial charge in [-0.1, -0.05) is 19.1 Å². The van der Waals surface area contributed by atoms with Crippen molar-refractivity contribution in [2.75, 3.05) is 13.7 Å². The quantitative estimate of drug-likeness (QED) is 0.588. The highest BCUT2D eigenvalue weighted by Crippen LogP contribution is 2.18. The number of hydrogen-bond acceptors (Lipinski definition) is 6. The minimum absolute atomic E-state index is 0.364. The highest BCUT2D eigenvalue weighted by atomic mass is 32.1. The Labute approximate surface area is 163 Å². The van der Waals surface area contributed by atoms with Crippen molar-refractivity contribution >= 4 is 17.3 Å². The van der Waals surface area contributed by atoms with Crippen molar-refractivity contribution in [3.05, 3.63) is 54.1 Å². The Balaban J connectivity index is 1.59. The molecule has 0 aliphatic rings. The van der Waals surface area contributed by atoms with E-state index in [0.717, 1.165) is 24.3 Å². The van der Waals surface area contributed by atoms with Gasteiger partial charge in [0.2, 0.25) is 5.89 Å². The maximum Gasteiger partial charge on any atom is 0.283 e. The van der Waals surface area contributed by atoms with Crippen molar-refractivity contribution in [1.29, 1.82) is 0 Å². The Bertz CT molecular complexity index is 846. The first-order valence-electron chi connectivity index (χ1n) is 8.71. The second-order valence-corrected chi connectivity index (χ2v) is 6.29. The van der Waals surface area contributed by atoms with Crippen LogP contribution in [0.2, 0.25) is 0 Å². The fourth-order valence-electron chi connectivity index (χ4n) is 2.54. The lowest BCUT2D eigenvalue weighted by atomic mass is 10.2. The molecule has 0 radical (unpaired) electrons. The fraction of sp³-hybridized carbons (Fsp3) is 0.316. The van der Waals surface area contributed by atoms with Crippen molar-refractivity contribution < 1.29 is 13.6 Å². The van der Waals surface area contributed by atoms with Crippen LogP contribution in [-0.4, -0.2) is 33.9 Å². The first kappa shape index (κ1) is 18.9. The zero-order valence-electron chi connectivity index (χ0n) is 15.3. The van der Waals surface area contributed by atoms with Crippen LogP contribution in [0.1, 0.15) is 24.8 Å². The summed E-state index contributed by atoms with van der Waals surface area (Å²) < 4.78 is 16.1. The van der Waals surface area contributed by atoms with Gasteiger partial charge in [-0.05, 0) is 48.5 Å². The van der Waals surface area contributed by atoms with Gasteiger partial charge in [0.15, 0.2) is 10.9 Å². The maximum atomic E-state index is 5.68. The molecule has 1 N–H and O–H groups in total. The summed E-state index contributed by atoms with van der Waals surface area (Å²) >= 11 is 5.56. The summed E-state index contributed by atoms with van der Waals surface area (Å²) in [7, 11) is 1.65. The first-order chi connectivity index (χ1) is 13.2. The van der Waals surface area contributed by atoms with Crippen LogP contribution in [0.25, 0.3) is 11.7 Å². The molecule has 3 aromatic rings. The zero-order valence-corrected chi connectivity index (χ0v) is 16.2. The second kappa shape index (κ2) is 9.18. The SMILES string of the molecule is CCCN(Cc1nnc(-c2ccco2)o1)C(=S)NCc1ccc(OC)cc1. The van der Waals surface area contributed by atoms with E-state index in [1.165, 1.54) is 0 Å². The number of ether oxygens (including phenoxy) is 1. The van der Waals surface area contributed by atoms with Gasteiger partial charge in [0.25, 0.3) is 5.89 Å². The molecule has 0 unspecified atom stereocenters. The first-order valence-corrected chi connectivity index (χ1v) is 9.12. The van der Waals surface area contributed by atoms with E-state index in [1.807, 2.05) is 29.2 Å². The highest BCUT2D eigenvalue weighted by Gasteiger charge is 2.16. The highest BCUT2D eigenvalue weighted by molar-refractivity contribution is 7.80. The van der Waals surface area contributed by atoms with E-state index in [0.29, 0.717) is 35.7 Å². The predicted molar refractivity (Wildman–Crippen MR) is 105 cm³/mol. The number of thiocarbonyl (C=S) groups is 1. The minimum Gasteiger partial charge on any atom is -0.497 e. The third-order valence-electron chi connectivity index (χ3n) is 3.91. The molecule has 0 aliphatic carbocycles. The van der Waals surface area contributed by atoms with Gasteiger partial charge in [-0.3, -0.25) is 0 Å². The summed E-state index contributed by atoms with van der Waals surface area (Å²) in [6, 6.07) is 11.4. The van der Waals surface area contributed by atoms with Gasteiger partial charge in [-0.2, -0.15) is 0 Å². The largest absolute Gasteiger partial charge is 0.497 e. The van der Waals surface area contributed by atoms with Gasteiger partial charge in [0.1, 0.15) is 5.75 Å². The molecule has 142 valence electrons. The predicted octanol–water partition coefficient (Wildman–Crippen LogP) is 3.62. The van der Waals surface area contributed by atoms with Gasteiger partial charge in [-0.15, -0.1) is 10.2 Å². The standard InChI is InChI=1S/C19H22N4O3S/c1-3-10-23(13-17-21-22-18(26-17)16-5-4-11-25-16)19(27)20-12-14-6-8-15(24-2)9-7-14/h4-9,11H,3,10,12-13H2,1-2H3,(H,20,27). The molecule has 0 fully saturated rings. The summed E-state index contributed by atoms with van der Waals surface area (Å²) in [4.78, 5) is 2.01. The Morgan fingerprint density at radius 2 is 2.04 bits per heavy atom. The van der Waals surface area contributed by atoms with Crippen molar-refractivity contribution in [3.63, 3.8) is 0 Å². The zero-order chi connectivity index (χ0) is 19.1. The average molecular weight is 386 g/mol. The molecule has 0 atom stereocenters. The van der Waals surface area contributed by atoms with Crippen molar-refractivity contribution in [3.8, 4) is 17.4 Å². The average Bonchev–Trinajstić information content (AvgIpc) is 3.38. The Morgan fingerprint density at radius 3 is 2.70 bits per heavy atom. The number of nitrogens with one attached hydrogen (secondary N) is 1. The molecule has 3 rings (SSSR count). The number of hydrogen-bond donors (Lipinski definition) is 1. The molecule has 0 saturated carbocycles. The normalized spacial score (nSPS) is 10.6. The summed E-state index contributed by atoms with van der Waals surface area (Å²) in [5.41, 5.74) is 1.12. The summed E-state index contributed by atoms with van der Waals surface area (Å²) in [5, 5.41) is 12.1. The lowest BCUT2D eigenvalue weighted by Gasteiger charge is -2.24. The second-order valence-electron chi connectivity index (χ2n) is 5.91. The maximum absolute atomic E-state index is 5.68. The van der Waals surface area contributed by atoms with E-state index in [9.17, 15) is 0 Å². The number of nitrogens with zero attached hydrogens (tertiary/aromatic N) is 3. The molecule has 8 heteroatoms. The van der Waals surface area contributed by atoms with E-state index in [1.54, 1.807) is 25.5 Å². The van der Waals surface area contributed by atoms with Crippen LogP contribution in [-0.2, 0) is 13.1 Å². The van der Waals surface area contributed by atoms with Crippen LogP contribution in [0.3, 0.4) is 0 Å². The summed E-state index contributed by atoms with van der Waals surface area (Å²) in [5.74, 6) is 2.24. The number of aromatic nitrogens is 2. The van der Waals surface area contributed by atoms with Gasteiger partial charge >= 0.3 is 0 Å². The van der Waals surface area contributed by atoms with Gasteiger partial charge < -0.3 is 23.8 Å². The third kappa shape index (κ3) is 5.07. The van der Waals surface area contributed by atoms with Crippen LogP contribution in [0.15, 0.2) is 51.5 Å². The van der Waals surface area contributed by atoms with Crippen LogP contribution >= 0.6 is 12.2 Å². The molecule has 0 amide bonds. The molecule has 2 heterocycles. The Morgan fingerprint density at radius 1 is 1.22 bits per heavy atom. The van der Waals surface area contributed by atoms with Crippen molar-refractivity contribution in [2.45, 2.75) is 26.4 Å². The molecule has 0 saturated heterocycles. The lowest BCUT2D eigenvalue weighted by molar-refractivity contribution is 0.348. The van der Waals surface area contributed by atoms with E-state index in [-0.39, 0.29) is 0 Å². The van der Waals surface area contributed by atoms with Crippen LogP contribution in [0.5, 0.6) is 5.75 Å². The lowest BCUT2D eigenvalue weighted by Crippen LogP contribution is -2.39. The molecule has 1 aromatic carbocycles. The van der Waals surface area contributed by atoms with Crippen molar-refractivity contribution in [2.24, 2.45) is 0 Å². The van der Waals surface area contributed by atoms with E-state index < -0.39 is 0 Å². The van der Waals surface area contributed by atoms with Crippen molar-refractivity contribution in [1.82, 2.24) is 20.4 Å². The molecule has 0 aliphatic heterocycles. The number of benzene rings is 1. The summed E-state index contributed by atoms with van der Waals surface area (Å²) in [6.45, 7) is 3.95. The smallest absolute Gasteiger partial charge is 0.283 e. The van der Waals surface area contributed by atoms with E-state index in [2.05, 4.69) is 22.4 Å². The van der Waals surface area contributed by atoms with Crippen LogP contribution < -0.4 is 10.1 Å². The van der Waals surface area contributed by atoms with E-state index >= 15 is 0 Å². The van der Waals surface area contributed by atoms with Gasteiger partial charge in [-0.25, -0.2) is 0 Å². The molecule has 0 bridgehead atoms. The molecular weight excluding hydrogens is 364 g/mol. The molecule has 2 aromatic heterocycles. The van der Waals surface area contributed by atoms with Crippen LogP contribution in [0, 0.1) is 0 Å². The Hall–Kier alpha value is -2.87. The van der Waals surface area contributed by atoms with Gasteiger partial charge in [0, 0.05) is 13.1 Å². The van der Waals surface area contributed by atoms with Crippen LogP contribution in [0.4, 0.5) is 0 Å². The molecule has 0 spiro atoms. The fourth-order valence-corrected chi connectivity index (χ4v) is 2.76. The third-order valence-corrected chi connectivity index (χ3v) is 4.31. The molecular formula is C19H22N4O3S. The topological polar surface area (TPSA) is 76.6 Å². The monoisotopic (exact) mass is 386 g/mol. The Kier molecular flexibility index (Phi) is 6.43.